The lowest BCUT2D eigenvalue weighted by Crippen LogP contribution is -2.10. The highest BCUT2D eigenvalue weighted by Gasteiger charge is 2.21. The molecule has 1 heteroatoms. The van der Waals surface area contributed by atoms with Crippen LogP contribution in [0.3, 0.4) is 0 Å². The van der Waals surface area contributed by atoms with Crippen LogP contribution in [0, 0.1) is 0 Å². The van der Waals surface area contributed by atoms with Gasteiger partial charge in [0.15, 0.2) is 0 Å². The van der Waals surface area contributed by atoms with Crippen LogP contribution in [0.15, 0.2) is 48.4 Å². The lowest BCUT2D eigenvalue weighted by atomic mass is 9.78. The zero-order valence-electron chi connectivity index (χ0n) is 16.3. The van der Waals surface area contributed by atoms with Crippen LogP contribution in [-0.4, -0.2) is 0 Å². The summed E-state index contributed by atoms with van der Waals surface area (Å²) in [5, 5.41) is 3.04. The third-order valence-electron chi connectivity index (χ3n) is 3.95. The normalized spacial score (nSPS) is 25.5. The van der Waals surface area contributed by atoms with Crippen molar-refractivity contribution in [2.24, 2.45) is 0 Å². The van der Waals surface area contributed by atoms with Crippen molar-refractivity contribution in [3.8, 4) is 0 Å². The minimum atomic E-state index is -0.372. The molecule has 0 amide bonds. The first-order chi connectivity index (χ1) is 11.3. The molecular weight excluding hydrogens is 230 g/mol. The first-order valence-corrected chi connectivity index (χ1v) is 6.79. The van der Waals surface area contributed by atoms with Gasteiger partial charge in [0.2, 0.25) is 0 Å². The van der Waals surface area contributed by atoms with Crippen LogP contribution >= 0.6 is 0 Å². The Balaban J connectivity index is 2.03. The van der Waals surface area contributed by atoms with Crippen molar-refractivity contribution in [1.82, 2.24) is 0 Å². The van der Waals surface area contributed by atoms with Gasteiger partial charge in [0.1, 0.15) is 0 Å². The maximum Gasteiger partial charge on any atom is 0.0645 e. The first kappa shape index (κ1) is 7.74. The number of rotatable bonds is 2. The molecule has 1 aliphatic rings. The topological polar surface area (TPSA) is 12.0 Å². The number of hydrogen-bond acceptors (Lipinski definition) is 1. The lowest BCUT2D eigenvalue weighted by Gasteiger charge is -2.28. The predicted octanol–water partition coefficient (Wildman–Crippen LogP) is 5.43. The molecule has 0 spiro atoms. The van der Waals surface area contributed by atoms with E-state index >= 15 is 0 Å². The molecule has 0 aromatic heterocycles. The van der Waals surface area contributed by atoms with Gasteiger partial charge in [-0.25, -0.2) is 0 Å². The molecule has 1 nitrogen and oxygen atoms in total. The number of para-hydroxylation sites is 1. The molecule has 19 heavy (non-hydrogen) atoms. The summed E-state index contributed by atoms with van der Waals surface area (Å²) in [6.07, 6.45) is 2.33. The molecule has 2 atom stereocenters. The summed E-state index contributed by atoms with van der Waals surface area (Å²) in [6.45, 7) is 4.44. The Bertz CT molecular complexity index is 773. The zero-order chi connectivity index (χ0) is 17.6. The van der Waals surface area contributed by atoms with Gasteiger partial charge in [0, 0.05) is 11.4 Å². The summed E-state index contributed by atoms with van der Waals surface area (Å²) < 4.78 is 39.2. The number of anilines is 2. The fraction of sp³-hybridized carbons (Fsp3) is 0.333. The summed E-state index contributed by atoms with van der Waals surface area (Å²) in [5.41, 5.74) is 3.51. The van der Waals surface area contributed by atoms with Crippen LogP contribution in [0.2, 0.25) is 0 Å². The Labute approximate surface area is 122 Å². The monoisotopic (exact) mass is 256 g/mol. The highest BCUT2D eigenvalue weighted by Crippen LogP contribution is 2.39. The molecule has 0 radical (unpaired) electrons. The number of benzene rings is 2. The van der Waals surface area contributed by atoms with Crippen LogP contribution in [0.4, 0.5) is 11.4 Å². The van der Waals surface area contributed by atoms with E-state index in [-0.39, 0.29) is 35.9 Å². The highest BCUT2D eigenvalue weighted by molar-refractivity contribution is 5.61. The van der Waals surface area contributed by atoms with Gasteiger partial charge >= 0.3 is 0 Å². The van der Waals surface area contributed by atoms with Crippen LogP contribution < -0.4 is 5.32 Å². The second-order valence-corrected chi connectivity index (χ2v) is 5.35. The Morgan fingerprint density at radius 3 is 2.37 bits per heavy atom. The maximum atomic E-state index is 8.01. The van der Waals surface area contributed by atoms with E-state index in [1.54, 1.807) is 0 Å². The SMILES string of the molecule is [2H]c1c([2H])c([2H])c(Nc2ccc3c(c2)C(C)CCC3C)c([2H])c1[2H]. The average Bonchev–Trinajstić information content (AvgIpc) is 2.58. The maximum absolute atomic E-state index is 8.01. The lowest BCUT2D eigenvalue weighted by molar-refractivity contribution is 0.527. The Morgan fingerprint density at radius 1 is 0.947 bits per heavy atom. The van der Waals surface area contributed by atoms with Crippen molar-refractivity contribution < 1.29 is 6.85 Å². The Morgan fingerprint density at radius 2 is 1.63 bits per heavy atom. The third-order valence-corrected chi connectivity index (χ3v) is 3.95. The van der Waals surface area contributed by atoms with Gasteiger partial charge in [0.25, 0.3) is 0 Å². The molecule has 2 aromatic rings. The standard InChI is InChI=1S/C18H21N/c1-13-8-9-14(2)18-12-16(10-11-17(13)18)19-15-6-4-3-5-7-15/h3-7,10-14,19H,8-9H2,1-2H3/i3D,4D,5D,6D,7D. The van der Waals surface area contributed by atoms with E-state index in [9.17, 15) is 0 Å². The summed E-state index contributed by atoms with van der Waals surface area (Å²) in [6, 6.07) is 4.64. The van der Waals surface area contributed by atoms with Crippen LogP contribution in [0.1, 0.15) is 56.5 Å². The molecule has 0 aliphatic heterocycles. The fourth-order valence-electron chi connectivity index (χ4n) is 2.80. The Kier molecular flexibility index (Phi) is 2.07. The number of nitrogens with one attached hydrogen (secondary N) is 1. The van der Waals surface area contributed by atoms with Crippen LogP contribution in [0.5, 0.6) is 0 Å². The van der Waals surface area contributed by atoms with E-state index in [0.717, 1.165) is 12.1 Å². The van der Waals surface area contributed by atoms with E-state index in [1.165, 1.54) is 17.5 Å². The Hall–Kier alpha value is -1.76. The molecular formula is C18H21N. The predicted molar refractivity (Wildman–Crippen MR) is 82.2 cm³/mol. The molecule has 1 aliphatic carbocycles. The van der Waals surface area contributed by atoms with Crippen molar-refractivity contribution in [2.75, 3.05) is 5.32 Å². The number of fused-ring (bicyclic) bond motifs is 1. The molecule has 3 rings (SSSR count). The van der Waals surface area contributed by atoms with E-state index < -0.39 is 0 Å². The van der Waals surface area contributed by atoms with E-state index in [1.807, 2.05) is 6.07 Å². The van der Waals surface area contributed by atoms with Crippen LogP contribution in [0.25, 0.3) is 0 Å². The van der Waals surface area contributed by atoms with Crippen molar-refractivity contribution in [1.29, 1.82) is 0 Å². The van der Waals surface area contributed by atoms with Gasteiger partial charge in [-0.3, -0.25) is 0 Å². The van der Waals surface area contributed by atoms with Gasteiger partial charge in [-0.05, 0) is 60.0 Å². The highest BCUT2D eigenvalue weighted by atomic mass is 14.9. The van der Waals surface area contributed by atoms with Crippen LogP contribution in [-0.2, 0) is 0 Å². The molecule has 2 unspecified atom stereocenters. The van der Waals surface area contributed by atoms with Crippen molar-refractivity contribution in [2.45, 2.75) is 38.5 Å². The van der Waals surface area contributed by atoms with E-state index in [0.29, 0.717) is 11.8 Å². The fourth-order valence-corrected chi connectivity index (χ4v) is 2.80. The summed E-state index contributed by atoms with van der Waals surface area (Å²) in [7, 11) is 0. The van der Waals surface area contributed by atoms with Gasteiger partial charge in [-0.2, -0.15) is 0 Å². The third kappa shape index (κ3) is 2.51. The molecule has 0 heterocycles. The quantitative estimate of drug-likeness (QED) is 0.755. The van der Waals surface area contributed by atoms with Crippen molar-refractivity contribution in [3.63, 3.8) is 0 Å². The molecule has 1 N–H and O–H groups in total. The summed E-state index contributed by atoms with van der Waals surface area (Å²) in [4.78, 5) is 0. The molecule has 0 fully saturated rings. The minimum Gasteiger partial charge on any atom is -0.356 e. The molecule has 98 valence electrons. The van der Waals surface area contributed by atoms with Gasteiger partial charge in [-0.15, -0.1) is 0 Å². The average molecular weight is 256 g/mol. The summed E-state index contributed by atoms with van der Waals surface area (Å²) >= 11 is 0. The molecule has 0 bridgehead atoms. The second kappa shape index (κ2) is 5.08. The van der Waals surface area contributed by atoms with Gasteiger partial charge < -0.3 is 5.32 Å². The zero-order valence-corrected chi connectivity index (χ0v) is 11.3. The van der Waals surface area contributed by atoms with Crippen molar-refractivity contribution in [3.05, 3.63) is 59.5 Å². The van der Waals surface area contributed by atoms with Gasteiger partial charge in [-0.1, -0.05) is 38.0 Å². The minimum absolute atomic E-state index is 0.123. The summed E-state index contributed by atoms with van der Waals surface area (Å²) in [5.74, 6) is 1.00. The number of hydrogen-bond donors (Lipinski definition) is 1. The second-order valence-electron chi connectivity index (χ2n) is 5.35. The first-order valence-electron chi connectivity index (χ1n) is 9.29. The molecule has 2 aromatic carbocycles. The largest absolute Gasteiger partial charge is 0.356 e. The van der Waals surface area contributed by atoms with Gasteiger partial charge in [0.05, 0.1) is 6.85 Å². The smallest absolute Gasteiger partial charge is 0.0645 e. The van der Waals surface area contributed by atoms with E-state index in [2.05, 4.69) is 31.3 Å². The van der Waals surface area contributed by atoms with E-state index in [4.69, 9.17) is 6.85 Å². The molecule has 0 saturated heterocycles. The molecule has 0 saturated carbocycles. The van der Waals surface area contributed by atoms with Crippen molar-refractivity contribution >= 4 is 11.4 Å².